The van der Waals surface area contributed by atoms with Gasteiger partial charge in [-0.15, -0.1) is 0 Å². The van der Waals surface area contributed by atoms with Crippen LogP contribution in [0.3, 0.4) is 0 Å². The summed E-state index contributed by atoms with van der Waals surface area (Å²) in [5.41, 5.74) is 3.26. The van der Waals surface area contributed by atoms with E-state index in [9.17, 15) is 9.90 Å². The van der Waals surface area contributed by atoms with Crippen LogP contribution in [0.4, 0.5) is 0 Å². The molecular formula is C14H15N3O4. The SMILES string of the molecule is COc1ccc(O)c(/C=N/NC(=O)c2ccncc2)c1.O. The first kappa shape index (κ1) is 16.1. The van der Waals surface area contributed by atoms with Gasteiger partial charge in [0, 0.05) is 23.5 Å². The zero-order chi connectivity index (χ0) is 14.4. The Labute approximate surface area is 121 Å². The number of pyridine rings is 1. The van der Waals surface area contributed by atoms with Gasteiger partial charge in [-0.25, -0.2) is 5.43 Å². The normalized spacial score (nSPS) is 9.95. The van der Waals surface area contributed by atoms with Gasteiger partial charge in [0.25, 0.3) is 5.91 Å². The number of nitrogens with one attached hydrogen (secondary N) is 1. The molecule has 0 spiro atoms. The van der Waals surface area contributed by atoms with E-state index in [1.807, 2.05) is 0 Å². The van der Waals surface area contributed by atoms with E-state index in [2.05, 4.69) is 15.5 Å². The van der Waals surface area contributed by atoms with Crippen molar-refractivity contribution < 1.29 is 20.1 Å². The lowest BCUT2D eigenvalue weighted by atomic mass is 10.2. The highest BCUT2D eigenvalue weighted by Crippen LogP contribution is 2.20. The molecule has 7 heteroatoms. The number of hydrogen-bond donors (Lipinski definition) is 2. The molecule has 1 aromatic carbocycles. The van der Waals surface area contributed by atoms with Crippen LogP contribution in [0, 0.1) is 0 Å². The minimum Gasteiger partial charge on any atom is -0.507 e. The smallest absolute Gasteiger partial charge is 0.271 e. The van der Waals surface area contributed by atoms with Gasteiger partial charge in [-0.3, -0.25) is 9.78 Å². The Morgan fingerprint density at radius 2 is 2.05 bits per heavy atom. The van der Waals surface area contributed by atoms with Crippen molar-refractivity contribution in [1.82, 2.24) is 10.4 Å². The first-order chi connectivity index (χ1) is 9.70. The van der Waals surface area contributed by atoms with E-state index in [4.69, 9.17) is 4.74 Å². The fourth-order valence-electron chi connectivity index (χ4n) is 1.49. The van der Waals surface area contributed by atoms with Gasteiger partial charge in [-0.2, -0.15) is 5.10 Å². The first-order valence-electron chi connectivity index (χ1n) is 5.81. The summed E-state index contributed by atoms with van der Waals surface area (Å²) < 4.78 is 5.04. The summed E-state index contributed by atoms with van der Waals surface area (Å²) in [5, 5.41) is 13.4. The Kier molecular flexibility index (Phi) is 5.84. The van der Waals surface area contributed by atoms with E-state index in [1.54, 1.807) is 24.3 Å². The summed E-state index contributed by atoms with van der Waals surface area (Å²) in [4.78, 5) is 15.5. The molecule has 0 radical (unpaired) electrons. The third-order valence-corrected chi connectivity index (χ3v) is 2.55. The van der Waals surface area contributed by atoms with Crippen LogP contribution in [-0.2, 0) is 0 Å². The number of carbonyl (C=O) groups is 1. The fourth-order valence-corrected chi connectivity index (χ4v) is 1.49. The second-order valence-electron chi connectivity index (χ2n) is 3.86. The quantitative estimate of drug-likeness (QED) is 0.637. The predicted molar refractivity (Wildman–Crippen MR) is 77.6 cm³/mol. The third-order valence-electron chi connectivity index (χ3n) is 2.55. The van der Waals surface area contributed by atoms with E-state index in [1.165, 1.54) is 31.8 Å². The second-order valence-corrected chi connectivity index (χ2v) is 3.86. The Balaban J connectivity index is 0.00000220. The fraction of sp³-hybridized carbons (Fsp3) is 0.0714. The molecule has 1 aromatic heterocycles. The number of carbonyl (C=O) groups excluding carboxylic acids is 1. The molecule has 0 bridgehead atoms. The van der Waals surface area contributed by atoms with Gasteiger partial charge in [-0.05, 0) is 30.3 Å². The highest BCUT2D eigenvalue weighted by molar-refractivity contribution is 5.94. The van der Waals surface area contributed by atoms with Crippen molar-refractivity contribution in [2.45, 2.75) is 0 Å². The van der Waals surface area contributed by atoms with Crippen molar-refractivity contribution >= 4 is 12.1 Å². The Bertz CT molecular complexity index is 629. The molecule has 1 amide bonds. The molecule has 110 valence electrons. The molecular weight excluding hydrogens is 274 g/mol. The summed E-state index contributed by atoms with van der Waals surface area (Å²) in [6.07, 6.45) is 4.38. The van der Waals surface area contributed by atoms with E-state index in [0.29, 0.717) is 16.9 Å². The van der Waals surface area contributed by atoms with Gasteiger partial charge in [-0.1, -0.05) is 0 Å². The summed E-state index contributed by atoms with van der Waals surface area (Å²) in [6, 6.07) is 7.88. The summed E-state index contributed by atoms with van der Waals surface area (Å²) in [6.45, 7) is 0. The molecule has 21 heavy (non-hydrogen) atoms. The lowest BCUT2D eigenvalue weighted by molar-refractivity contribution is 0.0955. The number of hydrogen-bond acceptors (Lipinski definition) is 5. The predicted octanol–water partition coefficient (Wildman–Crippen LogP) is 0.735. The maximum absolute atomic E-state index is 11.7. The van der Waals surface area contributed by atoms with Crippen LogP contribution in [0.25, 0.3) is 0 Å². The van der Waals surface area contributed by atoms with Crippen LogP contribution in [-0.4, -0.2) is 34.8 Å². The van der Waals surface area contributed by atoms with Crippen molar-refractivity contribution in [1.29, 1.82) is 0 Å². The molecule has 0 unspecified atom stereocenters. The van der Waals surface area contributed by atoms with Crippen molar-refractivity contribution in [3.05, 3.63) is 53.9 Å². The molecule has 0 aliphatic carbocycles. The molecule has 0 atom stereocenters. The molecule has 0 aliphatic heterocycles. The number of phenolic OH excluding ortho intramolecular Hbond substituents is 1. The highest BCUT2D eigenvalue weighted by Gasteiger charge is 2.03. The topological polar surface area (TPSA) is 115 Å². The summed E-state index contributed by atoms with van der Waals surface area (Å²) in [7, 11) is 1.53. The average Bonchev–Trinajstić information content (AvgIpc) is 2.50. The molecule has 7 nitrogen and oxygen atoms in total. The third kappa shape index (κ3) is 4.29. The van der Waals surface area contributed by atoms with Crippen LogP contribution in [0.2, 0.25) is 0 Å². The Hall–Kier alpha value is -2.93. The largest absolute Gasteiger partial charge is 0.507 e. The standard InChI is InChI=1S/C14H13N3O3.H2O/c1-20-12-2-3-13(18)11(8-12)9-16-17-14(19)10-4-6-15-7-5-10;/h2-9,18H,1H3,(H,17,19);1H2/b16-9+;. The second kappa shape index (κ2) is 7.61. The number of nitrogens with zero attached hydrogens (tertiary/aromatic N) is 2. The van der Waals surface area contributed by atoms with E-state index in [0.717, 1.165) is 0 Å². The minimum absolute atomic E-state index is 0. The highest BCUT2D eigenvalue weighted by atomic mass is 16.5. The van der Waals surface area contributed by atoms with Crippen LogP contribution < -0.4 is 10.2 Å². The molecule has 0 saturated carbocycles. The number of amides is 1. The van der Waals surface area contributed by atoms with Gasteiger partial charge in [0.05, 0.1) is 13.3 Å². The maximum atomic E-state index is 11.7. The van der Waals surface area contributed by atoms with E-state index in [-0.39, 0.29) is 17.1 Å². The van der Waals surface area contributed by atoms with Crippen molar-refractivity contribution in [3.63, 3.8) is 0 Å². The number of aromatic nitrogens is 1. The van der Waals surface area contributed by atoms with Crippen LogP contribution >= 0.6 is 0 Å². The lowest BCUT2D eigenvalue weighted by Gasteiger charge is -2.03. The van der Waals surface area contributed by atoms with Crippen molar-refractivity contribution in [3.8, 4) is 11.5 Å². The van der Waals surface area contributed by atoms with Crippen LogP contribution in [0.5, 0.6) is 11.5 Å². The molecule has 0 fully saturated rings. The number of ether oxygens (including phenoxy) is 1. The van der Waals surface area contributed by atoms with E-state index < -0.39 is 0 Å². The maximum Gasteiger partial charge on any atom is 0.271 e. The first-order valence-corrected chi connectivity index (χ1v) is 5.81. The molecule has 4 N–H and O–H groups in total. The number of rotatable bonds is 4. The average molecular weight is 289 g/mol. The molecule has 2 aromatic rings. The van der Waals surface area contributed by atoms with Gasteiger partial charge in [0.1, 0.15) is 11.5 Å². The van der Waals surface area contributed by atoms with E-state index >= 15 is 0 Å². The van der Waals surface area contributed by atoms with Crippen LogP contribution in [0.15, 0.2) is 47.8 Å². The Morgan fingerprint density at radius 1 is 1.33 bits per heavy atom. The molecule has 0 aliphatic rings. The summed E-state index contributed by atoms with van der Waals surface area (Å²) in [5.74, 6) is 0.281. The minimum atomic E-state index is -0.356. The lowest BCUT2D eigenvalue weighted by Crippen LogP contribution is -2.17. The van der Waals surface area contributed by atoms with Crippen molar-refractivity contribution in [2.24, 2.45) is 5.10 Å². The number of phenols is 1. The van der Waals surface area contributed by atoms with Gasteiger partial charge < -0.3 is 15.3 Å². The van der Waals surface area contributed by atoms with Crippen LogP contribution in [0.1, 0.15) is 15.9 Å². The van der Waals surface area contributed by atoms with Gasteiger partial charge in [0.2, 0.25) is 0 Å². The Morgan fingerprint density at radius 3 is 2.71 bits per heavy atom. The molecule has 2 rings (SSSR count). The number of hydrazone groups is 1. The zero-order valence-electron chi connectivity index (χ0n) is 11.3. The van der Waals surface area contributed by atoms with Gasteiger partial charge >= 0.3 is 0 Å². The van der Waals surface area contributed by atoms with Gasteiger partial charge in [0.15, 0.2) is 0 Å². The molecule has 0 saturated heterocycles. The molecule has 1 heterocycles. The number of aromatic hydroxyl groups is 1. The number of benzene rings is 1. The number of methoxy groups -OCH3 is 1. The summed E-state index contributed by atoms with van der Waals surface area (Å²) >= 11 is 0. The zero-order valence-corrected chi connectivity index (χ0v) is 11.3. The van der Waals surface area contributed by atoms with Crippen molar-refractivity contribution in [2.75, 3.05) is 7.11 Å². The monoisotopic (exact) mass is 289 g/mol.